The molecule has 3 heterocycles. The molecule has 5 nitrogen and oxygen atoms in total. The van der Waals surface area contributed by atoms with Gasteiger partial charge >= 0.3 is 0 Å². The van der Waals surface area contributed by atoms with E-state index in [2.05, 4.69) is 9.97 Å². The molecule has 0 unspecified atom stereocenters. The Hall–Kier alpha value is -2.70. The number of rotatable bonds is 4. The van der Waals surface area contributed by atoms with Crippen LogP contribution >= 0.6 is 11.6 Å². The van der Waals surface area contributed by atoms with Gasteiger partial charge < -0.3 is 0 Å². The highest BCUT2D eigenvalue weighted by atomic mass is 35.5. The topological polar surface area (TPSA) is 64.8 Å². The Morgan fingerprint density at radius 3 is 2.54 bits per heavy atom. The molecule has 0 atom stereocenters. The highest BCUT2D eigenvalue weighted by Gasteiger charge is 2.24. The van der Waals surface area contributed by atoms with Gasteiger partial charge in [0.25, 0.3) is 10.0 Å². The highest BCUT2D eigenvalue weighted by molar-refractivity contribution is 7.90. The third-order valence-corrected chi connectivity index (χ3v) is 6.16. The first-order valence-corrected chi connectivity index (χ1v) is 9.73. The van der Waals surface area contributed by atoms with Crippen LogP contribution in [0.3, 0.4) is 0 Å². The molecule has 130 valence electrons. The van der Waals surface area contributed by atoms with E-state index in [1.165, 1.54) is 10.2 Å². The SMILES string of the molecule is O=S(=O)(c1ccccc1)n1c(Cc2cccnc2)cc2c(Cl)ccnc21. The van der Waals surface area contributed by atoms with Crippen molar-refractivity contribution in [3.63, 3.8) is 0 Å². The molecular formula is C19H14ClN3O2S. The van der Waals surface area contributed by atoms with E-state index in [9.17, 15) is 8.42 Å². The van der Waals surface area contributed by atoms with Crippen LogP contribution in [0, 0.1) is 0 Å². The Morgan fingerprint density at radius 2 is 1.81 bits per heavy atom. The maximum absolute atomic E-state index is 13.3. The molecule has 4 aromatic rings. The summed E-state index contributed by atoms with van der Waals surface area (Å²) in [7, 11) is -3.81. The summed E-state index contributed by atoms with van der Waals surface area (Å²) in [5.41, 5.74) is 1.80. The summed E-state index contributed by atoms with van der Waals surface area (Å²) < 4.78 is 27.9. The van der Waals surface area contributed by atoms with Gasteiger partial charge in [-0.2, -0.15) is 0 Å². The summed E-state index contributed by atoms with van der Waals surface area (Å²) in [4.78, 5) is 8.58. The van der Waals surface area contributed by atoms with E-state index in [-0.39, 0.29) is 4.90 Å². The van der Waals surface area contributed by atoms with Crippen LogP contribution in [-0.2, 0) is 16.4 Å². The fourth-order valence-electron chi connectivity index (χ4n) is 2.90. The molecule has 0 aliphatic rings. The van der Waals surface area contributed by atoms with Gasteiger partial charge in [-0.25, -0.2) is 17.4 Å². The zero-order chi connectivity index (χ0) is 18.1. The van der Waals surface area contributed by atoms with Gasteiger partial charge in [0.2, 0.25) is 0 Å². The predicted molar refractivity (Wildman–Crippen MR) is 101 cm³/mol. The van der Waals surface area contributed by atoms with Crippen molar-refractivity contribution < 1.29 is 8.42 Å². The van der Waals surface area contributed by atoms with E-state index >= 15 is 0 Å². The number of halogens is 1. The van der Waals surface area contributed by atoms with E-state index in [1.807, 2.05) is 12.1 Å². The number of pyridine rings is 2. The molecule has 0 bridgehead atoms. The molecule has 7 heteroatoms. The Bertz CT molecular complexity index is 1170. The van der Waals surface area contributed by atoms with Crippen molar-refractivity contribution in [2.45, 2.75) is 11.3 Å². The van der Waals surface area contributed by atoms with Gasteiger partial charge in [-0.15, -0.1) is 0 Å². The van der Waals surface area contributed by atoms with Crippen molar-refractivity contribution in [3.8, 4) is 0 Å². The number of fused-ring (bicyclic) bond motifs is 1. The molecule has 0 radical (unpaired) electrons. The van der Waals surface area contributed by atoms with Crippen LogP contribution in [0.4, 0.5) is 0 Å². The number of hydrogen-bond donors (Lipinski definition) is 0. The summed E-state index contributed by atoms with van der Waals surface area (Å²) in [5, 5.41) is 1.07. The molecule has 0 saturated heterocycles. The van der Waals surface area contributed by atoms with Crippen LogP contribution in [0.1, 0.15) is 11.3 Å². The lowest BCUT2D eigenvalue weighted by Crippen LogP contribution is -2.16. The summed E-state index contributed by atoms with van der Waals surface area (Å²) in [6, 6.07) is 15.4. The summed E-state index contributed by atoms with van der Waals surface area (Å²) >= 11 is 6.28. The molecule has 1 aromatic carbocycles. The van der Waals surface area contributed by atoms with Gasteiger partial charge in [-0.3, -0.25) is 4.98 Å². The lowest BCUT2D eigenvalue weighted by atomic mass is 10.1. The lowest BCUT2D eigenvalue weighted by Gasteiger charge is -2.11. The zero-order valence-electron chi connectivity index (χ0n) is 13.6. The van der Waals surface area contributed by atoms with E-state index < -0.39 is 10.0 Å². The van der Waals surface area contributed by atoms with Crippen LogP contribution < -0.4 is 0 Å². The van der Waals surface area contributed by atoms with Gasteiger partial charge in [0.05, 0.1) is 9.92 Å². The minimum Gasteiger partial charge on any atom is -0.264 e. The van der Waals surface area contributed by atoms with Crippen molar-refractivity contribution in [1.29, 1.82) is 0 Å². The molecule has 3 aromatic heterocycles. The molecule has 0 aliphatic heterocycles. The van der Waals surface area contributed by atoms with Gasteiger partial charge in [0.15, 0.2) is 5.65 Å². The van der Waals surface area contributed by atoms with Crippen LogP contribution in [0.25, 0.3) is 11.0 Å². The van der Waals surface area contributed by atoms with E-state index in [4.69, 9.17) is 11.6 Å². The Kier molecular flexibility index (Phi) is 4.22. The average Bonchev–Trinajstić information content (AvgIpc) is 3.03. The molecule has 0 amide bonds. The number of aromatic nitrogens is 3. The maximum Gasteiger partial charge on any atom is 0.269 e. The van der Waals surface area contributed by atoms with Crippen molar-refractivity contribution >= 4 is 32.7 Å². The molecule has 0 aliphatic carbocycles. The normalized spacial score (nSPS) is 11.7. The van der Waals surface area contributed by atoms with E-state index in [0.29, 0.717) is 28.2 Å². The van der Waals surface area contributed by atoms with E-state index in [1.54, 1.807) is 54.9 Å². The summed E-state index contributed by atoms with van der Waals surface area (Å²) in [5.74, 6) is 0. The van der Waals surface area contributed by atoms with Crippen molar-refractivity contribution in [2.75, 3.05) is 0 Å². The first-order chi connectivity index (χ1) is 12.6. The number of hydrogen-bond acceptors (Lipinski definition) is 4. The van der Waals surface area contributed by atoms with Gasteiger partial charge in [-0.1, -0.05) is 35.9 Å². The van der Waals surface area contributed by atoms with Crippen molar-refractivity contribution in [1.82, 2.24) is 13.9 Å². The smallest absolute Gasteiger partial charge is 0.264 e. The summed E-state index contributed by atoms with van der Waals surface area (Å²) in [6.07, 6.45) is 5.30. The minimum absolute atomic E-state index is 0.201. The highest BCUT2D eigenvalue weighted by Crippen LogP contribution is 2.30. The Labute approximate surface area is 156 Å². The second-order valence-corrected chi connectivity index (χ2v) is 7.98. The Balaban J connectivity index is 1.98. The molecule has 26 heavy (non-hydrogen) atoms. The quantitative estimate of drug-likeness (QED) is 0.536. The molecular weight excluding hydrogens is 370 g/mol. The first kappa shape index (κ1) is 16.8. The third-order valence-electron chi connectivity index (χ3n) is 4.07. The summed E-state index contributed by atoms with van der Waals surface area (Å²) in [6.45, 7) is 0. The van der Waals surface area contributed by atoms with E-state index in [0.717, 1.165) is 5.56 Å². The monoisotopic (exact) mass is 383 g/mol. The van der Waals surface area contributed by atoms with Crippen molar-refractivity contribution in [2.24, 2.45) is 0 Å². The fourth-order valence-corrected chi connectivity index (χ4v) is 4.60. The van der Waals surface area contributed by atoms with Gasteiger partial charge in [-0.05, 0) is 35.9 Å². The standard InChI is InChI=1S/C19H14ClN3O2S/c20-18-8-10-22-19-17(18)12-15(11-14-5-4-9-21-13-14)23(19)26(24,25)16-6-2-1-3-7-16/h1-10,12-13H,11H2. The maximum atomic E-state index is 13.3. The van der Waals surface area contributed by atoms with Crippen LogP contribution in [0.15, 0.2) is 78.1 Å². The second kappa shape index (κ2) is 6.55. The van der Waals surface area contributed by atoms with Crippen molar-refractivity contribution in [3.05, 3.63) is 89.5 Å². The molecule has 0 saturated carbocycles. The van der Waals surface area contributed by atoms with Crippen LogP contribution in [-0.4, -0.2) is 22.4 Å². The predicted octanol–water partition coefficient (Wildman–Crippen LogP) is 3.91. The van der Waals surface area contributed by atoms with Gasteiger partial charge in [0, 0.05) is 36.1 Å². The fraction of sp³-hybridized carbons (Fsp3) is 0.0526. The average molecular weight is 384 g/mol. The molecule has 0 N–H and O–H groups in total. The van der Waals surface area contributed by atoms with Crippen LogP contribution in [0.5, 0.6) is 0 Å². The first-order valence-electron chi connectivity index (χ1n) is 7.92. The number of nitrogens with zero attached hydrogens (tertiary/aromatic N) is 3. The molecule has 0 fully saturated rings. The number of benzene rings is 1. The Morgan fingerprint density at radius 1 is 1.00 bits per heavy atom. The molecule has 4 rings (SSSR count). The largest absolute Gasteiger partial charge is 0.269 e. The zero-order valence-corrected chi connectivity index (χ0v) is 15.2. The van der Waals surface area contributed by atoms with Crippen LogP contribution in [0.2, 0.25) is 5.02 Å². The second-order valence-electron chi connectivity index (χ2n) is 5.79. The minimum atomic E-state index is -3.81. The lowest BCUT2D eigenvalue weighted by molar-refractivity contribution is 0.587. The third kappa shape index (κ3) is 2.87. The molecule has 0 spiro atoms. The van der Waals surface area contributed by atoms with Gasteiger partial charge in [0.1, 0.15) is 0 Å².